The fourth-order valence-corrected chi connectivity index (χ4v) is 4.18. The quantitative estimate of drug-likeness (QED) is 0.591. The van der Waals surface area contributed by atoms with Crippen molar-refractivity contribution in [2.45, 2.75) is 32.1 Å². The van der Waals surface area contributed by atoms with Gasteiger partial charge in [-0.2, -0.15) is 15.8 Å². The molecule has 2 aliphatic carbocycles. The highest BCUT2D eigenvalue weighted by molar-refractivity contribution is 5.63. The first-order valence-corrected chi connectivity index (χ1v) is 9.10. The van der Waals surface area contributed by atoms with Crippen LogP contribution in [0, 0.1) is 45.3 Å². The Labute approximate surface area is 159 Å². The van der Waals surface area contributed by atoms with E-state index in [9.17, 15) is 15.8 Å². The average Bonchev–Trinajstić information content (AvgIpc) is 2.73. The normalized spacial score (nSPS) is 23.6. The molecule has 0 saturated carbocycles. The van der Waals surface area contributed by atoms with E-state index in [4.69, 9.17) is 4.74 Å². The number of hydrogen-bond acceptors (Lipinski definition) is 5. The molecule has 134 valence electrons. The Morgan fingerprint density at radius 1 is 1.22 bits per heavy atom. The van der Waals surface area contributed by atoms with Crippen molar-refractivity contribution < 1.29 is 4.74 Å². The van der Waals surface area contributed by atoms with Crippen molar-refractivity contribution in [2.75, 3.05) is 6.61 Å². The molecule has 0 unspecified atom stereocenters. The zero-order valence-corrected chi connectivity index (χ0v) is 15.2. The highest BCUT2D eigenvalue weighted by Crippen LogP contribution is 2.57. The maximum absolute atomic E-state index is 10.2. The Bertz CT molecular complexity index is 908. The van der Waals surface area contributed by atoms with E-state index in [2.05, 4.69) is 29.3 Å². The topological polar surface area (TPSA) is 93.0 Å². The van der Waals surface area contributed by atoms with Gasteiger partial charge in [0.25, 0.3) is 0 Å². The zero-order valence-electron chi connectivity index (χ0n) is 15.2. The SMILES string of the molecule is CCOC=NC1=C(C#N)C2=CCCC[C@@H]2[C@H](c2ccccc2)C1(C#N)C#N. The smallest absolute Gasteiger partial charge is 0.194 e. The van der Waals surface area contributed by atoms with Crippen LogP contribution in [-0.2, 0) is 4.74 Å². The number of aliphatic imine (C=N–C) groups is 1. The van der Waals surface area contributed by atoms with Crippen molar-refractivity contribution in [1.82, 2.24) is 0 Å². The van der Waals surface area contributed by atoms with Crippen LogP contribution < -0.4 is 0 Å². The number of ether oxygens (including phenoxy) is 1. The van der Waals surface area contributed by atoms with E-state index in [1.165, 1.54) is 6.40 Å². The van der Waals surface area contributed by atoms with E-state index in [0.29, 0.717) is 12.2 Å². The van der Waals surface area contributed by atoms with Crippen molar-refractivity contribution >= 4 is 6.40 Å². The summed E-state index contributed by atoms with van der Waals surface area (Å²) in [6.07, 6.45) is 6.00. The zero-order chi connectivity index (χ0) is 19.3. The lowest BCUT2D eigenvalue weighted by molar-refractivity contribution is 0.313. The van der Waals surface area contributed by atoms with Gasteiger partial charge < -0.3 is 4.74 Å². The molecule has 27 heavy (non-hydrogen) atoms. The maximum Gasteiger partial charge on any atom is 0.194 e. The van der Waals surface area contributed by atoms with E-state index < -0.39 is 5.41 Å². The summed E-state index contributed by atoms with van der Waals surface area (Å²) in [5.74, 6) is -0.438. The second-order valence-electron chi connectivity index (χ2n) is 6.64. The van der Waals surface area contributed by atoms with Crippen LogP contribution in [0.4, 0.5) is 0 Å². The fraction of sp³-hybridized carbons (Fsp3) is 0.364. The summed E-state index contributed by atoms with van der Waals surface area (Å²) < 4.78 is 5.21. The molecule has 0 bridgehead atoms. The number of rotatable bonds is 4. The van der Waals surface area contributed by atoms with Gasteiger partial charge in [-0.15, -0.1) is 0 Å². The molecule has 0 spiro atoms. The summed E-state index contributed by atoms with van der Waals surface area (Å²) in [7, 11) is 0. The predicted octanol–water partition coefficient (Wildman–Crippen LogP) is 4.39. The molecule has 0 N–H and O–H groups in total. The highest BCUT2D eigenvalue weighted by atomic mass is 16.5. The van der Waals surface area contributed by atoms with Gasteiger partial charge >= 0.3 is 0 Å². The third-order valence-electron chi connectivity index (χ3n) is 5.30. The molecule has 2 aliphatic rings. The van der Waals surface area contributed by atoms with Gasteiger partial charge in [-0.1, -0.05) is 36.4 Å². The van der Waals surface area contributed by atoms with Crippen molar-refractivity contribution in [3.63, 3.8) is 0 Å². The second kappa shape index (κ2) is 7.90. The minimum Gasteiger partial charge on any atom is -0.483 e. The number of hydrogen-bond donors (Lipinski definition) is 0. The van der Waals surface area contributed by atoms with Crippen molar-refractivity contribution in [3.8, 4) is 18.2 Å². The first-order valence-electron chi connectivity index (χ1n) is 9.10. The third kappa shape index (κ3) is 3.01. The molecule has 2 atom stereocenters. The molecule has 0 amide bonds. The summed E-state index contributed by atoms with van der Waals surface area (Å²) in [5, 5.41) is 30.2. The Morgan fingerprint density at radius 3 is 2.59 bits per heavy atom. The van der Waals surface area contributed by atoms with Crippen LogP contribution in [0.1, 0.15) is 37.7 Å². The van der Waals surface area contributed by atoms with E-state index in [0.717, 1.165) is 30.4 Å². The molecule has 0 saturated heterocycles. The molecule has 0 aromatic heterocycles. The van der Waals surface area contributed by atoms with Crippen LogP contribution in [0.3, 0.4) is 0 Å². The number of fused-ring (bicyclic) bond motifs is 1. The number of nitriles is 3. The molecule has 5 heteroatoms. The van der Waals surface area contributed by atoms with Crippen LogP contribution in [0.5, 0.6) is 0 Å². The average molecular weight is 356 g/mol. The number of allylic oxidation sites excluding steroid dienone is 4. The first-order chi connectivity index (χ1) is 13.2. The molecule has 0 aliphatic heterocycles. The van der Waals surface area contributed by atoms with Gasteiger partial charge in [-0.05, 0) is 43.2 Å². The molecular weight excluding hydrogens is 336 g/mol. The summed E-state index contributed by atoms with van der Waals surface area (Å²) in [6.45, 7) is 2.24. The minimum absolute atomic E-state index is 0.0545. The van der Waals surface area contributed by atoms with Gasteiger partial charge in [0.05, 0.1) is 30.0 Å². The molecule has 0 heterocycles. The van der Waals surface area contributed by atoms with Crippen molar-refractivity contribution in [2.24, 2.45) is 16.3 Å². The summed E-state index contributed by atoms with van der Waals surface area (Å²) in [5.41, 5.74) is 0.814. The fourth-order valence-electron chi connectivity index (χ4n) is 4.18. The maximum atomic E-state index is 10.2. The molecule has 0 fully saturated rings. The van der Waals surface area contributed by atoms with Gasteiger partial charge in [0.15, 0.2) is 11.8 Å². The van der Waals surface area contributed by atoms with Crippen LogP contribution in [0.25, 0.3) is 0 Å². The Morgan fingerprint density at radius 2 is 1.96 bits per heavy atom. The van der Waals surface area contributed by atoms with Gasteiger partial charge in [0.2, 0.25) is 0 Å². The molecule has 0 radical (unpaired) electrons. The van der Waals surface area contributed by atoms with Crippen molar-refractivity contribution in [1.29, 1.82) is 15.8 Å². The van der Waals surface area contributed by atoms with E-state index in [1.54, 1.807) is 0 Å². The van der Waals surface area contributed by atoms with E-state index in [1.807, 2.05) is 37.3 Å². The molecule has 3 rings (SSSR count). The summed E-state index contributed by atoms with van der Waals surface area (Å²) in [4.78, 5) is 4.31. The Hall–Kier alpha value is -3.36. The minimum atomic E-state index is -1.54. The monoisotopic (exact) mass is 356 g/mol. The largest absolute Gasteiger partial charge is 0.483 e. The van der Waals surface area contributed by atoms with Gasteiger partial charge in [0, 0.05) is 5.92 Å². The lowest BCUT2D eigenvalue weighted by Crippen LogP contribution is -2.39. The van der Waals surface area contributed by atoms with Crippen LogP contribution in [0.15, 0.2) is 58.2 Å². The second-order valence-corrected chi connectivity index (χ2v) is 6.64. The van der Waals surface area contributed by atoms with Crippen LogP contribution in [0.2, 0.25) is 0 Å². The molecular formula is C22H20N4O. The van der Waals surface area contributed by atoms with Gasteiger partial charge in [-0.25, -0.2) is 4.99 Å². The highest BCUT2D eigenvalue weighted by Gasteiger charge is 2.54. The summed E-state index contributed by atoms with van der Waals surface area (Å²) in [6, 6.07) is 16.3. The Kier molecular flexibility index (Phi) is 5.39. The molecule has 1 aromatic rings. The standard InChI is InChI=1S/C22H20N4O/c1-2-27-15-26-21-19(12-23)17-10-6-7-11-18(17)20(22(21,13-24)14-25)16-8-4-3-5-9-16/h3-5,8-10,15,18,20H,2,6-7,11H2,1H3/t18-,20-/m0/s1. The lowest BCUT2D eigenvalue weighted by Gasteiger charge is -2.43. The molecule has 5 nitrogen and oxygen atoms in total. The van der Waals surface area contributed by atoms with E-state index in [-0.39, 0.29) is 17.5 Å². The first kappa shape index (κ1) is 18.4. The lowest BCUT2D eigenvalue weighted by atomic mass is 9.56. The van der Waals surface area contributed by atoms with Crippen molar-refractivity contribution in [3.05, 3.63) is 58.8 Å². The Balaban J connectivity index is 2.32. The number of nitrogens with zero attached hydrogens (tertiary/aromatic N) is 4. The van der Waals surface area contributed by atoms with Gasteiger partial charge in [-0.3, -0.25) is 0 Å². The molecule has 1 aromatic carbocycles. The van der Waals surface area contributed by atoms with Crippen LogP contribution >= 0.6 is 0 Å². The predicted molar refractivity (Wildman–Crippen MR) is 101 cm³/mol. The van der Waals surface area contributed by atoms with E-state index >= 15 is 0 Å². The van der Waals surface area contributed by atoms with Crippen LogP contribution in [-0.4, -0.2) is 13.0 Å². The number of benzene rings is 1. The summed E-state index contributed by atoms with van der Waals surface area (Å²) >= 11 is 0. The van der Waals surface area contributed by atoms with Gasteiger partial charge in [0.1, 0.15) is 6.07 Å². The third-order valence-corrected chi connectivity index (χ3v) is 5.30.